The van der Waals surface area contributed by atoms with Gasteiger partial charge in [-0.05, 0) is 38.5 Å². The average Bonchev–Trinajstić information content (AvgIpc) is 2.16. The van der Waals surface area contributed by atoms with Gasteiger partial charge in [0.05, 0.1) is 6.04 Å². The predicted molar refractivity (Wildman–Crippen MR) is 63.7 cm³/mol. The molecule has 1 aromatic heterocycles. The minimum Gasteiger partial charge on any atom is -0.350 e. The summed E-state index contributed by atoms with van der Waals surface area (Å²) in [7, 11) is 0. The summed E-state index contributed by atoms with van der Waals surface area (Å²) >= 11 is 0. The van der Waals surface area contributed by atoms with E-state index in [0.717, 1.165) is 5.56 Å². The Bertz CT molecular complexity index is 343. The van der Waals surface area contributed by atoms with Gasteiger partial charge in [0.15, 0.2) is 0 Å². The molecule has 0 saturated heterocycles. The lowest BCUT2D eigenvalue weighted by Gasteiger charge is -2.20. The summed E-state index contributed by atoms with van der Waals surface area (Å²) in [6, 6.07) is 3.76. The highest BCUT2D eigenvalue weighted by Gasteiger charge is 2.17. The van der Waals surface area contributed by atoms with Crippen LogP contribution in [0, 0.1) is 0 Å². The van der Waals surface area contributed by atoms with Crippen molar-refractivity contribution in [2.24, 2.45) is 5.73 Å². The van der Waals surface area contributed by atoms with Gasteiger partial charge in [0, 0.05) is 24.4 Å². The number of carbonyl (C=O) groups excluding carboxylic acids is 1. The number of hydrogen-bond donors (Lipinski definition) is 2. The fourth-order valence-corrected chi connectivity index (χ4v) is 1.44. The summed E-state index contributed by atoms with van der Waals surface area (Å²) in [6.07, 6.45) is 3.75. The van der Waals surface area contributed by atoms with Crippen molar-refractivity contribution in [1.29, 1.82) is 0 Å². The molecule has 1 heterocycles. The zero-order valence-corrected chi connectivity index (χ0v) is 10.0. The molecule has 16 heavy (non-hydrogen) atoms. The average molecular weight is 221 g/mol. The number of nitrogens with zero attached hydrogens (tertiary/aromatic N) is 1. The molecule has 1 rings (SSSR count). The number of nitrogens with two attached hydrogens (primary N) is 1. The SMILES string of the molecule is CC(NC(=O)CC(C)(C)N)c1ccncc1. The number of pyridine rings is 1. The number of carbonyl (C=O) groups is 1. The highest BCUT2D eigenvalue weighted by Crippen LogP contribution is 2.11. The maximum absolute atomic E-state index is 11.6. The molecule has 0 aromatic carbocycles. The van der Waals surface area contributed by atoms with Gasteiger partial charge in [0.25, 0.3) is 0 Å². The minimum atomic E-state index is -0.470. The Morgan fingerprint density at radius 1 is 1.50 bits per heavy atom. The van der Waals surface area contributed by atoms with Crippen LogP contribution in [0.1, 0.15) is 38.8 Å². The third-order valence-electron chi connectivity index (χ3n) is 2.20. The Kier molecular flexibility index (Phi) is 4.01. The van der Waals surface area contributed by atoms with Crippen molar-refractivity contribution in [3.05, 3.63) is 30.1 Å². The van der Waals surface area contributed by atoms with E-state index in [2.05, 4.69) is 10.3 Å². The quantitative estimate of drug-likeness (QED) is 0.807. The van der Waals surface area contributed by atoms with Gasteiger partial charge >= 0.3 is 0 Å². The van der Waals surface area contributed by atoms with Crippen LogP contribution in [0.4, 0.5) is 0 Å². The first-order valence-corrected chi connectivity index (χ1v) is 5.37. The van der Waals surface area contributed by atoms with Crippen molar-refractivity contribution >= 4 is 5.91 Å². The van der Waals surface area contributed by atoms with E-state index in [1.165, 1.54) is 0 Å². The molecule has 0 aliphatic carbocycles. The number of rotatable bonds is 4. The molecular formula is C12H19N3O. The number of aromatic nitrogens is 1. The number of nitrogens with one attached hydrogen (secondary N) is 1. The fourth-order valence-electron chi connectivity index (χ4n) is 1.44. The first-order valence-electron chi connectivity index (χ1n) is 5.37. The molecular weight excluding hydrogens is 202 g/mol. The summed E-state index contributed by atoms with van der Waals surface area (Å²) in [5, 5.41) is 2.91. The molecule has 4 nitrogen and oxygen atoms in total. The van der Waals surface area contributed by atoms with Gasteiger partial charge < -0.3 is 11.1 Å². The van der Waals surface area contributed by atoms with Crippen molar-refractivity contribution in [1.82, 2.24) is 10.3 Å². The smallest absolute Gasteiger partial charge is 0.222 e. The normalized spacial score (nSPS) is 13.2. The van der Waals surface area contributed by atoms with Crippen molar-refractivity contribution in [3.63, 3.8) is 0 Å². The zero-order valence-electron chi connectivity index (χ0n) is 10.0. The van der Waals surface area contributed by atoms with E-state index in [1.54, 1.807) is 12.4 Å². The van der Waals surface area contributed by atoms with Crippen LogP contribution in [0.3, 0.4) is 0 Å². The molecule has 1 aromatic rings. The molecule has 3 N–H and O–H groups in total. The van der Waals surface area contributed by atoms with Crippen LogP contribution in [-0.2, 0) is 4.79 Å². The molecule has 88 valence electrons. The third kappa shape index (κ3) is 4.40. The number of amides is 1. The topological polar surface area (TPSA) is 68.0 Å². The lowest BCUT2D eigenvalue weighted by atomic mass is 10.0. The Balaban J connectivity index is 2.52. The van der Waals surface area contributed by atoms with Gasteiger partial charge in [-0.3, -0.25) is 9.78 Å². The van der Waals surface area contributed by atoms with Gasteiger partial charge in [-0.15, -0.1) is 0 Å². The molecule has 0 spiro atoms. The van der Waals surface area contributed by atoms with E-state index < -0.39 is 5.54 Å². The first kappa shape index (κ1) is 12.6. The van der Waals surface area contributed by atoms with E-state index in [9.17, 15) is 4.79 Å². The molecule has 1 unspecified atom stereocenters. The molecule has 1 amide bonds. The van der Waals surface area contributed by atoms with Gasteiger partial charge in [0.2, 0.25) is 5.91 Å². The lowest BCUT2D eigenvalue weighted by Crippen LogP contribution is -2.39. The molecule has 1 atom stereocenters. The van der Waals surface area contributed by atoms with Gasteiger partial charge in [-0.25, -0.2) is 0 Å². The summed E-state index contributed by atoms with van der Waals surface area (Å²) in [5.41, 5.74) is 6.35. The predicted octanol–water partition coefficient (Wildman–Crippen LogP) is 1.39. The van der Waals surface area contributed by atoms with E-state index in [4.69, 9.17) is 5.73 Å². The van der Waals surface area contributed by atoms with Crippen LogP contribution in [0.15, 0.2) is 24.5 Å². The van der Waals surface area contributed by atoms with Gasteiger partial charge in [-0.2, -0.15) is 0 Å². The van der Waals surface area contributed by atoms with Gasteiger partial charge in [-0.1, -0.05) is 0 Å². The fraction of sp³-hybridized carbons (Fsp3) is 0.500. The van der Waals surface area contributed by atoms with E-state index in [0.29, 0.717) is 6.42 Å². The van der Waals surface area contributed by atoms with E-state index in [-0.39, 0.29) is 11.9 Å². The summed E-state index contributed by atoms with van der Waals surface area (Å²) in [6.45, 7) is 5.62. The monoisotopic (exact) mass is 221 g/mol. The van der Waals surface area contributed by atoms with Crippen LogP contribution in [0.2, 0.25) is 0 Å². The lowest BCUT2D eigenvalue weighted by molar-refractivity contribution is -0.122. The highest BCUT2D eigenvalue weighted by atomic mass is 16.1. The minimum absolute atomic E-state index is 0.0159. The molecule has 0 bridgehead atoms. The second-order valence-corrected chi connectivity index (χ2v) is 4.74. The number of hydrogen-bond acceptors (Lipinski definition) is 3. The Morgan fingerprint density at radius 3 is 2.56 bits per heavy atom. The molecule has 0 radical (unpaired) electrons. The third-order valence-corrected chi connectivity index (χ3v) is 2.20. The van der Waals surface area contributed by atoms with Crippen LogP contribution in [-0.4, -0.2) is 16.4 Å². The summed E-state index contributed by atoms with van der Waals surface area (Å²) in [5.74, 6) is -0.0307. The Labute approximate surface area is 96.3 Å². The summed E-state index contributed by atoms with van der Waals surface area (Å²) < 4.78 is 0. The Hall–Kier alpha value is -1.42. The summed E-state index contributed by atoms with van der Waals surface area (Å²) in [4.78, 5) is 15.6. The highest BCUT2D eigenvalue weighted by molar-refractivity contribution is 5.77. The molecule has 0 aliphatic rings. The van der Waals surface area contributed by atoms with Crippen LogP contribution in [0.25, 0.3) is 0 Å². The van der Waals surface area contributed by atoms with Crippen LogP contribution < -0.4 is 11.1 Å². The zero-order chi connectivity index (χ0) is 12.2. The maximum atomic E-state index is 11.6. The standard InChI is InChI=1S/C12H19N3O/c1-9(10-4-6-14-7-5-10)15-11(16)8-12(2,3)13/h4-7,9H,8,13H2,1-3H3,(H,15,16). The van der Waals surface area contributed by atoms with Crippen molar-refractivity contribution in [2.45, 2.75) is 38.8 Å². The van der Waals surface area contributed by atoms with Crippen LogP contribution >= 0.6 is 0 Å². The molecule has 0 saturated carbocycles. The molecule has 4 heteroatoms. The van der Waals surface area contributed by atoms with Crippen molar-refractivity contribution in [2.75, 3.05) is 0 Å². The Morgan fingerprint density at radius 2 is 2.06 bits per heavy atom. The second kappa shape index (κ2) is 5.07. The largest absolute Gasteiger partial charge is 0.350 e. The van der Waals surface area contributed by atoms with Gasteiger partial charge in [0.1, 0.15) is 0 Å². The van der Waals surface area contributed by atoms with E-state index >= 15 is 0 Å². The molecule has 0 aliphatic heterocycles. The second-order valence-electron chi connectivity index (χ2n) is 4.74. The van der Waals surface area contributed by atoms with Crippen molar-refractivity contribution in [3.8, 4) is 0 Å². The van der Waals surface area contributed by atoms with E-state index in [1.807, 2.05) is 32.9 Å². The maximum Gasteiger partial charge on any atom is 0.222 e. The van der Waals surface area contributed by atoms with Crippen molar-refractivity contribution < 1.29 is 4.79 Å². The van der Waals surface area contributed by atoms with Crippen LogP contribution in [0.5, 0.6) is 0 Å². The molecule has 0 fully saturated rings. The first-order chi connectivity index (χ1) is 7.38.